The van der Waals surface area contributed by atoms with E-state index < -0.39 is 0 Å². The van der Waals surface area contributed by atoms with Crippen molar-refractivity contribution in [2.45, 2.75) is 105 Å². The standard InChI is InChI=1S/C17H28O.C9H13.Co/c1-5-9-13-14(10-6-2)16(12-8-4)17(18)15(13)11-7-3;1-2-3-6-9-7-4-5-8-9;/h5-12H2,1-4H3;4-5,7-8H,2-3,6H2,1H3;. The van der Waals surface area contributed by atoms with Gasteiger partial charge in [-0.3, -0.25) is 4.79 Å². The van der Waals surface area contributed by atoms with Crippen molar-refractivity contribution in [1.82, 2.24) is 0 Å². The van der Waals surface area contributed by atoms with Gasteiger partial charge in [0.25, 0.3) is 0 Å². The molecule has 1 fully saturated rings. The maximum absolute atomic E-state index is 12.5. The van der Waals surface area contributed by atoms with E-state index in [2.05, 4.69) is 60.3 Å². The average molecular weight is 429 g/mol. The number of hydrogen-bond acceptors (Lipinski definition) is 1. The maximum Gasteiger partial charge on any atom is 0.185 e. The Morgan fingerprint density at radius 3 is 1.32 bits per heavy atom. The fraction of sp³-hybridized carbons (Fsp3) is 0.615. The summed E-state index contributed by atoms with van der Waals surface area (Å²) in [5.74, 6) is 1.86. The quantitative estimate of drug-likeness (QED) is 0.326. The molecule has 0 aromatic heterocycles. The molecular formula is C26H41CoO. The minimum absolute atomic E-state index is 0. The second kappa shape index (κ2) is 16.5. The first-order valence-electron chi connectivity index (χ1n) is 11.3. The zero-order valence-corrected chi connectivity index (χ0v) is 19.9. The predicted octanol–water partition coefficient (Wildman–Crippen LogP) is 7.94. The van der Waals surface area contributed by atoms with E-state index in [0.717, 1.165) is 62.5 Å². The molecule has 160 valence electrons. The summed E-state index contributed by atoms with van der Waals surface area (Å²) < 4.78 is 0. The van der Waals surface area contributed by atoms with Crippen LogP contribution in [0.4, 0.5) is 0 Å². The molecule has 0 bridgehead atoms. The van der Waals surface area contributed by atoms with Crippen LogP contribution in [0.3, 0.4) is 0 Å². The van der Waals surface area contributed by atoms with Gasteiger partial charge in [0.1, 0.15) is 0 Å². The van der Waals surface area contributed by atoms with Crippen molar-refractivity contribution < 1.29 is 21.6 Å². The summed E-state index contributed by atoms with van der Waals surface area (Å²) in [7, 11) is 0. The molecule has 0 atom stereocenters. The monoisotopic (exact) mass is 428 g/mol. The van der Waals surface area contributed by atoms with Gasteiger partial charge in [0, 0.05) is 27.9 Å². The van der Waals surface area contributed by atoms with Gasteiger partial charge in [-0.05, 0) is 74.9 Å². The molecule has 0 saturated heterocycles. The van der Waals surface area contributed by atoms with E-state index in [0.29, 0.717) is 5.78 Å². The number of carbonyl (C=O) groups excluding carboxylic acids is 1. The second-order valence-electron chi connectivity index (χ2n) is 7.64. The molecule has 28 heavy (non-hydrogen) atoms. The summed E-state index contributed by atoms with van der Waals surface area (Å²) in [6.45, 7) is 11.0. The molecule has 6 radical (unpaired) electrons. The third-order valence-electron chi connectivity index (χ3n) is 5.19. The van der Waals surface area contributed by atoms with E-state index in [1.807, 2.05) is 0 Å². The van der Waals surface area contributed by atoms with Crippen LogP contribution in [0.5, 0.6) is 0 Å². The van der Waals surface area contributed by atoms with Crippen molar-refractivity contribution in [2.24, 2.45) is 0 Å². The smallest absolute Gasteiger partial charge is 0.185 e. The summed E-state index contributed by atoms with van der Waals surface area (Å²) in [6, 6.07) is 0. The van der Waals surface area contributed by atoms with Gasteiger partial charge in [-0.1, -0.05) is 73.1 Å². The summed E-state index contributed by atoms with van der Waals surface area (Å²) >= 11 is 0. The molecule has 0 N–H and O–H groups in total. The van der Waals surface area contributed by atoms with Crippen LogP contribution in [0.25, 0.3) is 0 Å². The molecule has 0 aromatic carbocycles. The number of carbonyl (C=O) groups is 1. The number of Topliss-reactive ketones (excluding diaryl/α,β-unsaturated/α-hetero) is 1. The Labute approximate surface area is 186 Å². The van der Waals surface area contributed by atoms with E-state index in [9.17, 15) is 4.79 Å². The van der Waals surface area contributed by atoms with E-state index in [4.69, 9.17) is 0 Å². The first-order chi connectivity index (χ1) is 13.1. The van der Waals surface area contributed by atoms with E-state index >= 15 is 0 Å². The van der Waals surface area contributed by atoms with Gasteiger partial charge in [-0.25, -0.2) is 0 Å². The number of ketones is 1. The Balaban J connectivity index is 0.000000614. The number of unbranched alkanes of at least 4 members (excludes halogenated alkanes) is 1. The maximum atomic E-state index is 12.5. The fourth-order valence-electron chi connectivity index (χ4n) is 3.91. The molecule has 2 heteroatoms. The Morgan fingerprint density at radius 2 is 0.964 bits per heavy atom. The Kier molecular flexibility index (Phi) is 16.3. The molecule has 2 rings (SSSR count). The average Bonchev–Trinajstić information content (AvgIpc) is 3.26. The van der Waals surface area contributed by atoms with Crippen molar-refractivity contribution in [3.8, 4) is 0 Å². The fourth-order valence-corrected chi connectivity index (χ4v) is 3.91. The van der Waals surface area contributed by atoms with Crippen molar-refractivity contribution >= 4 is 5.78 Å². The number of allylic oxidation sites excluding steroid dienone is 4. The van der Waals surface area contributed by atoms with Gasteiger partial charge in [0.05, 0.1) is 0 Å². The van der Waals surface area contributed by atoms with Crippen LogP contribution in [0.1, 0.15) is 105 Å². The molecule has 0 aromatic rings. The van der Waals surface area contributed by atoms with Crippen LogP contribution in [-0.4, -0.2) is 5.78 Å². The Morgan fingerprint density at radius 1 is 0.571 bits per heavy atom. The predicted molar refractivity (Wildman–Crippen MR) is 119 cm³/mol. The summed E-state index contributed by atoms with van der Waals surface area (Å²) in [4.78, 5) is 12.5. The molecule has 0 spiro atoms. The molecular weight excluding hydrogens is 387 g/mol. The normalized spacial score (nSPS) is 17.1. The van der Waals surface area contributed by atoms with Crippen molar-refractivity contribution in [2.75, 3.05) is 0 Å². The van der Waals surface area contributed by atoms with Crippen molar-refractivity contribution in [3.05, 3.63) is 53.9 Å². The van der Waals surface area contributed by atoms with Gasteiger partial charge in [-0.2, -0.15) is 0 Å². The molecule has 0 heterocycles. The van der Waals surface area contributed by atoms with Crippen LogP contribution in [-0.2, 0) is 21.6 Å². The molecule has 0 amide bonds. The second-order valence-corrected chi connectivity index (χ2v) is 7.64. The minimum Gasteiger partial charge on any atom is -0.289 e. The molecule has 1 saturated carbocycles. The van der Waals surface area contributed by atoms with E-state index in [1.165, 1.54) is 36.3 Å². The Bertz CT molecular complexity index is 461. The largest absolute Gasteiger partial charge is 0.289 e. The minimum atomic E-state index is 0. The van der Waals surface area contributed by atoms with Gasteiger partial charge in [-0.15, -0.1) is 0 Å². The van der Waals surface area contributed by atoms with Crippen LogP contribution >= 0.6 is 0 Å². The zero-order valence-electron chi connectivity index (χ0n) is 18.8. The number of hydrogen-bond donors (Lipinski definition) is 0. The van der Waals surface area contributed by atoms with Crippen LogP contribution in [0.2, 0.25) is 0 Å². The molecule has 0 unspecified atom stereocenters. The third-order valence-corrected chi connectivity index (χ3v) is 5.19. The van der Waals surface area contributed by atoms with Crippen LogP contribution < -0.4 is 0 Å². The van der Waals surface area contributed by atoms with Crippen LogP contribution in [0.15, 0.2) is 22.3 Å². The van der Waals surface area contributed by atoms with Gasteiger partial charge in [0.2, 0.25) is 0 Å². The summed E-state index contributed by atoms with van der Waals surface area (Å²) in [5.41, 5.74) is 5.11. The van der Waals surface area contributed by atoms with Gasteiger partial charge < -0.3 is 0 Å². The molecule has 2 aliphatic rings. The van der Waals surface area contributed by atoms with Crippen molar-refractivity contribution in [3.63, 3.8) is 0 Å². The number of rotatable bonds is 11. The van der Waals surface area contributed by atoms with E-state index in [-0.39, 0.29) is 16.8 Å². The van der Waals surface area contributed by atoms with Crippen molar-refractivity contribution in [1.29, 1.82) is 0 Å². The molecule has 1 nitrogen and oxygen atoms in total. The Hall–Kier alpha value is -0.344. The topological polar surface area (TPSA) is 17.1 Å². The SMILES string of the molecule is CCCC1=C(CCC)C(CCC)=C(CCC)C1=O.CCCC[C]1[CH][CH][CH][CH]1.[Co]. The first-order valence-corrected chi connectivity index (χ1v) is 11.3. The van der Waals surface area contributed by atoms with Gasteiger partial charge in [0.15, 0.2) is 5.78 Å². The first kappa shape index (κ1) is 27.7. The molecule has 2 aliphatic carbocycles. The van der Waals surface area contributed by atoms with E-state index in [1.54, 1.807) is 0 Å². The molecule has 0 aliphatic heterocycles. The van der Waals surface area contributed by atoms with Crippen LogP contribution in [0, 0.1) is 31.6 Å². The summed E-state index contributed by atoms with van der Waals surface area (Å²) in [6.07, 6.45) is 21.0. The van der Waals surface area contributed by atoms with Gasteiger partial charge >= 0.3 is 0 Å². The third kappa shape index (κ3) is 8.57. The summed E-state index contributed by atoms with van der Waals surface area (Å²) in [5, 5.41) is 0. The zero-order chi connectivity index (χ0) is 20.1.